The Morgan fingerprint density at radius 1 is 1.23 bits per heavy atom. The quantitative estimate of drug-likeness (QED) is 0.355. The first-order chi connectivity index (χ1) is 18.2. The van der Waals surface area contributed by atoms with Crippen molar-refractivity contribution in [3.63, 3.8) is 0 Å². The van der Waals surface area contributed by atoms with Crippen molar-refractivity contribution in [2.75, 3.05) is 38.3 Å². The average Bonchev–Trinajstić information content (AvgIpc) is 2.82. The van der Waals surface area contributed by atoms with Crippen molar-refractivity contribution >= 4 is 39.5 Å². The number of carbonyl (C=O) groups excluding carboxylic acids is 3. The van der Waals surface area contributed by atoms with E-state index in [-0.39, 0.29) is 30.0 Å². The van der Waals surface area contributed by atoms with E-state index in [0.29, 0.717) is 47.7 Å². The van der Waals surface area contributed by atoms with Crippen LogP contribution in [0.25, 0.3) is 0 Å². The first-order valence-corrected chi connectivity index (χ1v) is 14.6. The van der Waals surface area contributed by atoms with Crippen molar-refractivity contribution in [3.05, 3.63) is 22.2 Å². The molecule has 1 atom stereocenters. The number of hydrogen-bond donors (Lipinski definition) is 0. The summed E-state index contributed by atoms with van der Waals surface area (Å²) < 4.78 is 17.4. The third-order valence-corrected chi connectivity index (χ3v) is 7.56. The number of ether oxygens (including phenoxy) is 3. The first-order valence-electron chi connectivity index (χ1n) is 13.8. The maximum Gasteiger partial charge on any atom is 0.410 e. The van der Waals surface area contributed by atoms with Crippen LogP contribution in [0, 0.1) is 0 Å². The van der Waals surface area contributed by atoms with Crippen LogP contribution in [-0.2, 0) is 14.3 Å². The first kappa shape index (κ1) is 31.2. The van der Waals surface area contributed by atoms with E-state index in [0.717, 1.165) is 25.7 Å². The number of amides is 3. The van der Waals surface area contributed by atoms with Gasteiger partial charge >= 0.3 is 6.09 Å². The fourth-order valence-corrected chi connectivity index (χ4v) is 5.62. The lowest BCUT2D eigenvalue weighted by Crippen LogP contribution is -2.54. The normalized spacial score (nSPS) is 19.0. The molecule has 0 bridgehead atoms. The van der Waals surface area contributed by atoms with Crippen LogP contribution in [-0.4, -0.2) is 84.3 Å². The van der Waals surface area contributed by atoms with Gasteiger partial charge in [0.05, 0.1) is 17.3 Å². The molecule has 0 aromatic heterocycles. The molecule has 0 N–H and O–H groups in total. The molecule has 9 nitrogen and oxygen atoms in total. The minimum absolute atomic E-state index is 0.106. The number of fused-ring (bicyclic) bond motifs is 1. The zero-order valence-corrected chi connectivity index (χ0v) is 26.2. The molecule has 1 aromatic carbocycles. The summed E-state index contributed by atoms with van der Waals surface area (Å²) in [5.41, 5.74) is -0.563. The van der Waals surface area contributed by atoms with E-state index < -0.39 is 11.2 Å². The molecule has 2 aliphatic heterocycles. The molecule has 1 fully saturated rings. The van der Waals surface area contributed by atoms with Crippen molar-refractivity contribution in [1.29, 1.82) is 0 Å². The Labute approximate surface area is 241 Å². The summed E-state index contributed by atoms with van der Waals surface area (Å²) in [5.74, 6) is 0.251. The minimum atomic E-state index is -1.02. The molecule has 1 aromatic rings. The van der Waals surface area contributed by atoms with Gasteiger partial charge in [-0.1, -0.05) is 0 Å². The molecule has 0 saturated carbocycles. The van der Waals surface area contributed by atoms with E-state index in [9.17, 15) is 14.4 Å². The Morgan fingerprint density at radius 3 is 2.54 bits per heavy atom. The Kier molecular flexibility index (Phi) is 9.97. The van der Waals surface area contributed by atoms with E-state index in [1.165, 1.54) is 0 Å². The van der Waals surface area contributed by atoms with Gasteiger partial charge in [-0.3, -0.25) is 9.59 Å². The summed E-state index contributed by atoms with van der Waals surface area (Å²) in [4.78, 5) is 45.5. The SMILES string of the molecule is COCCCCN1C(=O)C(C)(C)Oc2cc(Br)c(C(=O)N(C(C)C)[C@@H]3CCCN(C(=O)OC(C)(C)C)C3)cc21. The van der Waals surface area contributed by atoms with Gasteiger partial charge in [-0.15, -0.1) is 0 Å². The maximum atomic E-state index is 14.1. The van der Waals surface area contributed by atoms with E-state index in [4.69, 9.17) is 14.2 Å². The second-order valence-electron chi connectivity index (χ2n) is 12.1. The predicted molar refractivity (Wildman–Crippen MR) is 154 cm³/mol. The Bertz CT molecular complexity index is 1070. The number of piperidine rings is 1. The van der Waals surface area contributed by atoms with Gasteiger partial charge in [-0.05, 0) is 102 Å². The number of unbranched alkanes of at least 4 members (excludes halogenated alkanes) is 1. The molecule has 3 rings (SSSR count). The highest BCUT2D eigenvalue weighted by Crippen LogP contribution is 2.42. The van der Waals surface area contributed by atoms with Crippen LogP contribution in [0.15, 0.2) is 16.6 Å². The number of halogens is 1. The predicted octanol–water partition coefficient (Wildman–Crippen LogP) is 5.63. The molecule has 39 heavy (non-hydrogen) atoms. The van der Waals surface area contributed by atoms with Crippen LogP contribution < -0.4 is 9.64 Å². The molecule has 3 amide bonds. The fourth-order valence-electron chi connectivity index (χ4n) is 5.13. The number of rotatable bonds is 8. The van der Waals surface area contributed by atoms with Crippen molar-refractivity contribution in [3.8, 4) is 5.75 Å². The molecule has 0 unspecified atom stereocenters. The van der Waals surface area contributed by atoms with Crippen molar-refractivity contribution in [2.24, 2.45) is 0 Å². The van der Waals surface area contributed by atoms with Gasteiger partial charge in [0.25, 0.3) is 11.8 Å². The number of carbonyl (C=O) groups is 3. The lowest BCUT2D eigenvalue weighted by atomic mass is 9.99. The smallest absolute Gasteiger partial charge is 0.410 e. The standard InChI is InChI=1S/C29H44BrN3O6/c1-19(2)33(20-12-11-13-31(18-20)27(36)39-28(3,4)5)25(34)21-16-23-24(17-22(21)30)38-29(6,7)26(35)32(23)14-9-10-15-37-8/h16-17,19-20H,9-15,18H2,1-8H3/t20-/m1/s1. The number of hydrogen-bond acceptors (Lipinski definition) is 6. The van der Waals surface area contributed by atoms with Gasteiger partial charge in [0.1, 0.15) is 11.4 Å². The highest BCUT2D eigenvalue weighted by atomic mass is 79.9. The summed E-state index contributed by atoms with van der Waals surface area (Å²) in [6.45, 7) is 15.1. The van der Waals surface area contributed by atoms with Crippen LogP contribution in [0.2, 0.25) is 0 Å². The summed E-state index contributed by atoms with van der Waals surface area (Å²) in [6.07, 6.45) is 2.78. The molecule has 218 valence electrons. The molecule has 10 heteroatoms. The average molecular weight is 611 g/mol. The highest BCUT2D eigenvalue weighted by molar-refractivity contribution is 9.10. The summed E-state index contributed by atoms with van der Waals surface area (Å²) in [7, 11) is 1.66. The second-order valence-corrected chi connectivity index (χ2v) is 13.0. The van der Waals surface area contributed by atoms with Gasteiger partial charge in [0.2, 0.25) is 0 Å². The Morgan fingerprint density at radius 2 is 1.92 bits per heavy atom. The summed E-state index contributed by atoms with van der Waals surface area (Å²) in [5, 5.41) is 0. The van der Waals surface area contributed by atoms with Gasteiger partial charge in [-0.2, -0.15) is 0 Å². The van der Waals surface area contributed by atoms with E-state index in [1.54, 1.807) is 42.9 Å². The molecule has 0 radical (unpaired) electrons. The van der Waals surface area contributed by atoms with E-state index >= 15 is 0 Å². The second kappa shape index (κ2) is 12.5. The van der Waals surface area contributed by atoms with Crippen LogP contribution >= 0.6 is 15.9 Å². The lowest BCUT2D eigenvalue weighted by molar-refractivity contribution is -0.132. The topological polar surface area (TPSA) is 88.6 Å². The van der Waals surface area contributed by atoms with Crippen molar-refractivity contribution in [2.45, 2.75) is 97.4 Å². The van der Waals surface area contributed by atoms with E-state index in [2.05, 4.69) is 15.9 Å². The highest BCUT2D eigenvalue weighted by Gasteiger charge is 2.42. The molecule has 2 heterocycles. The molecular weight excluding hydrogens is 566 g/mol. The zero-order chi connectivity index (χ0) is 29.1. The van der Waals surface area contributed by atoms with E-state index in [1.807, 2.05) is 39.5 Å². The lowest BCUT2D eigenvalue weighted by Gasteiger charge is -2.42. The number of anilines is 1. The number of benzene rings is 1. The third-order valence-electron chi connectivity index (χ3n) is 6.91. The molecule has 0 aliphatic carbocycles. The van der Waals surface area contributed by atoms with Crippen LogP contribution in [0.3, 0.4) is 0 Å². The molecule has 0 spiro atoms. The van der Waals surface area contributed by atoms with Gasteiger partial charge < -0.3 is 28.9 Å². The zero-order valence-electron chi connectivity index (χ0n) is 24.6. The van der Waals surface area contributed by atoms with Gasteiger partial charge in [-0.25, -0.2) is 4.79 Å². The minimum Gasteiger partial charge on any atom is -0.476 e. The van der Waals surface area contributed by atoms with Gasteiger partial charge in [0.15, 0.2) is 5.60 Å². The molecule has 1 saturated heterocycles. The van der Waals surface area contributed by atoms with Crippen LogP contribution in [0.1, 0.15) is 84.5 Å². The summed E-state index contributed by atoms with van der Waals surface area (Å²) in [6, 6.07) is 3.27. The van der Waals surface area contributed by atoms with Crippen molar-refractivity contribution in [1.82, 2.24) is 9.80 Å². The summed E-state index contributed by atoms with van der Waals surface area (Å²) >= 11 is 3.60. The number of methoxy groups -OCH3 is 1. The third kappa shape index (κ3) is 7.45. The largest absolute Gasteiger partial charge is 0.476 e. The van der Waals surface area contributed by atoms with Crippen molar-refractivity contribution < 1.29 is 28.6 Å². The molecule has 2 aliphatic rings. The van der Waals surface area contributed by atoms with Crippen LogP contribution in [0.5, 0.6) is 5.75 Å². The number of likely N-dealkylation sites (tertiary alicyclic amines) is 1. The molecular formula is C29H44BrN3O6. The maximum absolute atomic E-state index is 14.1. The Balaban J connectivity index is 1.91. The fraction of sp³-hybridized carbons (Fsp3) is 0.690. The Hall–Kier alpha value is -2.33. The van der Waals surface area contributed by atoms with Gasteiger partial charge in [0, 0.05) is 43.9 Å². The monoisotopic (exact) mass is 609 g/mol. The van der Waals surface area contributed by atoms with Crippen LogP contribution in [0.4, 0.5) is 10.5 Å². The number of nitrogens with zero attached hydrogens (tertiary/aromatic N) is 3.